The molecule has 0 spiro atoms. The molecule has 6 unspecified atom stereocenters. The molecule has 2 heterocycles. The highest BCUT2D eigenvalue weighted by Crippen LogP contribution is 2.51. The minimum absolute atomic E-state index is 0.0169. The predicted octanol–water partition coefficient (Wildman–Crippen LogP) is 6.97. The van der Waals surface area contributed by atoms with Gasteiger partial charge >= 0.3 is 12.4 Å². The molecule has 0 bridgehead atoms. The van der Waals surface area contributed by atoms with Gasteiger partial charge in [-0.1, -0.05) is 19.3 Å². The van der Waals surface area contributed by atoms with Gasteiger partial charge < -0.3 is 4.74 Å². The zero-order chi connectivity index (χ0) is 31.2. The molecule has 5 fully saturated rings. The lowest BCUT2D eigenvalue weighted by Crippen LogP contribution is -2.71. The molecule has 0 N–H and O–H groups in total. The Morgan fingerprint density at radius 2 is 1.35 bits per heavy atom. The highest BCUT2D eigenvalue weighted by Gasteiger charge is 2.57. The molecule has 5 aliphatic rings. The molecule has 43 heavy (non-hydrogen) atoms. The molecule has 8 atom stereocenters. The number of methoxy groups -OCH3 is 1. The van der Waals surface area contributed by atoms with Gasteiger partial charge in [0.1, 0.15) is 6.17 Å². The number of halogens is 7. The zero-order valence-corrected chi connectivity index (χ0v) is 25.8. The number of rotatable bonds is 6. The topological polar surface area (TPSA) is 49.9 Å². The van der Waals surface area contributed by atoms with Crippen molar-refractivity contribution in [3.8, 4) is 0 Å². The van der Waals surface area contributed by atoms with E-state index in [1.807, 2.05) is 0 Å². The van der Waals surface area contributed by atoms with Gasteiger partial charge in [0, 0.05) is 32.3 Å². The van der Waals surface area contributed by atoms with Crippen LogP contribution in [0.4, 0.5) is 30.7 Å². The molecule has 3 aliphatic carbocycles. The van der Waals surface area contributed by atoms with Gasteiger partial charge in [-0.05, 0) is 94.4 Å². The molecule has 0 aromatic rings. The Kier molecular flexibility index (Phi) is 10.4. The Balaban J connectivity index is 1.30. The maximum Gasteiger partial charge on any atom is 0.394 e. The molecule has 0 aromatic carbocycles. The number of hydrogen-bond donors (Lipinski definition) is 0. The van der Waals surface area contributed by atoms with Gasteiger partial charge in [0.2, 0.25) is 10.0 Å². The van der Waals surface area contributed by atoms with E-state index in [0.717, 1.165) is 25.8 Å². The Hall–Kier alpha value is -0.660. The van der Waals surface area contributed by atoms with E-state index in [2.05, 4.69) is 4.90 Å². The standard InChI is InChI=1S/C30H47F7N2O3S/c1-42-18-25-27(20-13-11-19(12-14-20)21-7-6-9-23(28(21)31)30(35,36)37)24-17-38(15-4-5-16-39(24)25)43(40,41)26-10-3-2-8-22(26)29(32,33)34/h19-28H,2-18H2,1H3/t19?,20?,21?,22?,23?,24?,25-,26?,27+,28?/m1/s1. The van der Waals surface area contributed by atoms with Crippen LogP contribution in [0.5, 0.6) is 0 Å². The third kappa shape index (κ3) is 6.89. The van der Waals surface area contributed by atoms with Crippen molar-refractivity contribution in [3.63, 3.8) is 0 Å². The second-order valence-electron chi connectivity index (χ2n) is 13.8. The number of sulfonamides is 1. The van der Waals surface area contributed by atoms with Crippen molar-refractivity contribution in [3.05, 3.63) is 0 Å². The number of nitrogens with zero attached hydrogens (tertiary/aromatic N) is 2. The van der Waals surface area contributed by atoms with Crippen LogP contribution < -0.4 is 0 Å². The fourth-order valence-corrected chi connectivity index (χ4v) is 11.8. The summed E-state index contributed by atoms with van der Waals surface area (Å²) in [5.74, 6) is -4.19. The quantitative estimate of drug-likeness (QED) is 0.292. The summed E-state index contributed by atoms with van der Waals surface area (Å²) in [7, 11) is -2.57. The summed E-state index contributed by atoms with van der Waals surface area (Å²) in [6, 6.07) is -0.0991. The Morgan fingerprint density at radius 3 is 2.00 bits per heavy atom. The molecular weight excluding hydrogens is 601 g/mol. The lowest BCUT2D eigenvalue weighted by molar-refractivity contribution is -0.208. The van der Waals surface area contributed by atoms with Crippen molar-refractivity contribution < 1.29 is 43.9 Å². The second kappa shape index (κ2) is 13.2. The van der Waals surface area contributed by atoms with Crippen LogP contribution in [0.15, 0.2) is 0 Å². The van der Waals surface area contributed by atoms with Gasteiger partial charge in [-0.3, -0.25) is 4.90 Å². The smallest absolute Gasteiger partial charge is 0.383 e. The summed E-state index contributed by atoms with van der Waals surface area (Å²) in [4.78, 5) is 2.26. The van der Waals surface area contributed by atoms with Crippen molar-refractivity contribution in [2.75, 3.05) is 33.4 Å². The average Bonchev–Trinajstić information content (AvgIpc) is 2.93. The third-order valence-corrected chi connectivity index (χ3v) is 14.0. The number of ether oxygens (including phenoxy) is 1. The van der Waals surface area contributed by atoms with Gasteiger partial charge in [-0.25, -0.2) is 17.1 Å². The van der Waals surface area contributed by atoms with Crippen LogP contribution in [-0.2, 0) is 14.8 Å². The van der Waals surface area contributed by atoms with Crippen molar-refractivity contribution in [2.45, 2.75) is 119 Å². The van der Waals surface area contributed by atoms with E-state index in [1.165, 1.54) is 4.31 Å². The summed E-state index contributed by atoms with van der Waals surface area (Å²) in [6.45, 7) is 1.57. The molecule has 0 aromatic heterocycles. The lowest BCUT2D eigenvalue weighted by atomic mass is 9.62. The first-order chi connectivity index (χ1) is 20.2. The van der Waals surface area contributed by atoms with Crippen LogP contribution >= 0.6 is 0 Å². The molecule has 3 saturated carbocycles. The molecule has 2 aliphatic heterocycles. The van der Waals surface area contributed by atoms with Crippen molar-refractivity contribution >= 4 is 10.0 Å². The first-order valence-electron chi connectivity index (χ1n) is 16.3. The summed E-state index contributed by atoms with van der Waals surface area (Å²) >= 11 is 0. The summed E-state index contributed by atoms with van der Waals surface area (Å²) in [6.07, 6.45) is -5.54. The molecule has 0 amide bonds. The van der Waals surface area contributed by atoms with Gasteiger partial charge in [-0.2, -0.15) is 26.3 Å². The van der Waals surface area contributed by atoms with E-state index in [0.29, 0.717) is 51.6 Å². The first kappa shape index (κ1) is 33.7. The third-order valence-electron chi connectivity index (χ3n) is 11.6. The van der Waals surface area contributed by atoms with E-state index in [-0.39, 0.29) is 62.2 Å². The van der Waals surface area contributed by atoms with E-state index >= 15 is 4.39 Å². The van der Waals surface area contributed by atoms with Gasteiger partial charge in [0.25, 0.3) is 0 Å². The molecule has 5 rings (SSSR count). The van der Waals surface area contributed by atoms with Crippen LogP contribution in [0.1, 0.15) is 83.5 Å². The van der Waals surface area contributed by atoms with Crippen molar-refractivity contribution in [1.29, 1.82) is 0 Å². The highest BCUT2D eigenvalue weighted by molar-refractivity contribution is 7.89. The fraction of sp³-hybridized carbons (Fsp3) is 1.00. The molecule has 250 valence electrons. The Labute approximate surface area is 251 Å². The van der Waals surface area contributed by atoms with Gasteiger partial charge in [0.15, 0.2) is 0 Å². The van der Waals surface area contributed by atoms with E-state index < -0.39 is 51.6 Å². The van der Waals surface area contributed by atoms with Crippen molar-refractivity contribution in [2.24, 2.45) is 35.5 Å². The summed E-state index contributed by atoms with van der Waals surface area (Å²) < 4.78 is 132. The number of hydrogen-bond acceptors (Lipinski definition) is 4. The van der Waals surface area contributed by atoms with Crippen LogP contribution in [0.2, 0.25) is 0 Å². The van der Waals surface area contributed by atoms with Crippen LogP contribution in [-0.4, -0.2) is 86.8 Å². The predicted molar refractivity (Wildman–Crippen MR) is 148 cm³/mol. The highest BCUT2D eigenvalue weighted by atomic mass is 32.2. The molecule has 13 heteroatoms. The molecule has 2 saturated heterocycles. The minimum atomic E-state index is -4.56. The molecule has 5 nitrogen and oxygen atoms in total. The minimum Gasteiger partial charge on any atom is -0.383 e. The summed E-state index contributed by atoms with van der Waals surface area (Å²) in [5, 5.41) is -1.46. The maximum absolute atomic E-state index is 15.1. The summed E-state index contributed by atoms with van der Waals surface area (Å²) in [5.41, 5.74) is 0. The second-order valence-corrected chi connectivity index (χ2v) is 16.0. The van der Waals surface area contributed by atoms with Gasteiger partial charge in [0.05, 0.1) is 23.7 Å². The molecular formula is C30H47F7N2O3S. The molecule has 0 radical (unpaired) electrons. The first-order valence-corrected chi connectivity index (χ1v) is 17.8. The van der Waals surface area contributed by atoms with E-state index in [1.54, 1.807) is 7.11 Å². The monoisotopic (exact) mass is 648 g/mol. The van der Waals surface area contributed by atoms with Crippen LogP contribution in [0.25, 0.3) is 0 Å². The fourth-order valence-electron chi connectivity index (χ4n) is 9.53. The lowest BCUT2D eigenvalue weighted by Gasteiger charge is -2.60. The van der Waals surface area contributed by atoms with Crippen LogP contribution in [0, 0.1) is 35.5 Å². The van der Waals surface area contributed by atoms with E-state index in [4.69, 9.17) is 4.74 Å². The Bertz CT molecular complexity index is 1030. The van der Waals surface area contributed by atoms with E-state index in [9.17, 15) is 34.8 Å². The van der Waals surface area contributed by atoms with Gasteiger partial charge in [-0.15, -0.1) is 0 Å². The van der Waals surface area contributed by atoms with Crippen molar-refractivity contribution in [1.82, 2.24) is 9.21 Å². The van der Waals surface area contributed by atoms with Crippen LogP contribution in [0.3, 0.4) is 0 Å². The normalized spacial score (nSPS) is 41.1. The zero-order valence-electron chi connectivity index (χ0n) is 25.0. The number of fused-ring (bicyclic) bond motifs is 1. The average molecular weight is 649 g/mol. The number of alkyl halides is 7. The SMILES string of the molecule is COC[C@@H]1[C@@H](C2CCC(C3CCCC(C(F)(F)F)C3F)CC2)C2CN(S(=O)(=O)C3CCCCC3C(F)(F)F)CCCCN21. The Morgan fingerprint density at radius 1 is 0.744 bits per heavy atom. The maximum atomic E-state index is 15.1. The largest absolute Gasteiger partial charge is 0.394 e.